The van der Waals surface area contributed by atoms with E-state index in [1.165, 1.54) is 23.5 Å². The van der Waals surface area contributed by atoms with Gasteiger partial charge in [0.25, 0.3) is 5.56 Å². The number of imidazole rings is 1. The van der Waals surface area contributed by atoms with E-state index in [4.69, 9.17) is 9.47 Å². The molecule has 0 saturated carbocycles. The third kappa shape index (κ3) is 4.06. The van der Waals surface area contributed by atoms with Crippen LogP contribution in [0.25, 0.3) is 27.8 Å². The average Bonchev–Trinajstić information content (AvgIpc) is 3.49. The van der Waals surface area contributed by atoms with Gasteiger partial charge in [0.05, 0.1) is 22.2 Å². The summed E-state index contributed by atoms with van der Waals surface area (Å²) in [5.41, 5.74) is 4.91. The van der Waals surface area contributed by atoms with E-state index in [1.807, 2.05) is 85.8 Å². The number of allylic oxidation sites excluding steroid dienone is 1. The number of fused-ring (bicyclic) bond motifs is 4. The number of halogens is 1. The van der Waals surface area contributed by atoms with E-state index in [1.54, 1.807) is 16.5 Å². The molecular weight excluding hydrogens is 523 g/mol. The standard InChI is InChI=1S/C33H23FN2O3S/c1-2-38-23-17-13-21(14-18-23)31-25(19-29-32(37)36-27-9-5-4-8-26(27)35-33(36)40-29)30(20-11-15-22(34)16-12-20)24-7-3-6-10-28(24)39-31/h3-19,30H,2H2,1H3. The SMILES string of the molecule is CCOc1ccc(C2=C(C=c3sc4nc5ccccc5n4c3=O)C(c3ccc(F)cc3)c3ccccc3O2)cc1. The summed E-state index contributed by atoms with van der Waals surface area (Å²) in [4.78, 5) is 19.1. The molecule has 7 rings (SSSR count). The molecule has 7 heteroatoms. The highest BCUT2D eigenvalue weighted by molar-refractivity contribution is 7.15. The van der Waals surface area contributed by atoms with Crippen LogP contribution in [0, 0.1) is 5.82 Å². The maximum absolute atomic E-state index is 14.0. The van der Waals surface area contributed by atoms with E-state index in [0.29, 0.717) is 27.6 Å². The summed E-state index contributed by atoms with van der Waals surface area (Å²) < 4.78 is 28.4. The number of aromatic nitrogens is 2. The van der Waals surface area contributed by atoms with Crippen molar-refractivity contribution in [3.8, 4) is 11.5 Å². The molecule has 3 heterocycles. The number of hydrogen-bond acceptors (Lipinski definition) is 5. The van der Waals surface area contributed by atoms with Crippen LogP contribution in [0.2, 0.25) is 0 Å². The minimum Gasteiger partial charge on any atom is -0.494 e. The highest BCUT2D eigenvalue weighted by atomic mass is 32.1. The Kier molecular flexibility index (Phi) is 5.94. The minimum absolute atomic E-state index is 0.135. The Bertz CT molecular complexity index is 2030. The zero-order chi connectivity index (χ0) is 27.2. The first-order valence-corrected chi connectivity index (χ1v) is 13.8. The number of thiazole rings is 1. The van der Waals surface area contributed by atoms with Gasteiger partial charge in [-0.1, -0.05) is 53.8 Å². The topological polar surface area (TPSA) is 52.8 Å². The van der Waals surface area contributed by atoms with Crippen LogP contribution >= 0.6 is 11.3 Å². The minimum atomic E-state index is -0.307. The molecule has 1 atom stereocenters. The van der Waals surface area contributed by atoms with E-state index in [0.717, 1.165) is 39.0 Å². The van der Waals surface area contributed by atoms with Crippen LogP contribution in [0.15, 0.2) is 107 Å². The highest BCUT2D eigenvalue weighted by Crippen LogP contribution is 2.46. The van der Waals surface area contributed by atoms with E-state index < -0.39 is 0 Å². The van der Waals surface area contributed by atoms with Crippen molar-refractivity contribution in [2.45, 2.75) is 12.8 Å². The maximum Gasteiger partial charge on any atom is 0.274 e. The van der Waals surface area contributed by atoms with Gasteiger partial charge in [-0.05, 0) is 73.2 Å². The molecule has 40 heavy (non-hydrogen) atoms. The van der Waals surface area contributed by atoms with Crippen LogP contribution in [-0.2, 0) is 0 Å². The van der Waals surface area contributed by atoms with Gasteiger partial charge >= 0.3 is 0 Å². The zero-order valence-electron chi connectivity index (χ0n) is 21.5. The number of nitrogens with zero attached hydrogens (tertiary/aromatic N) is 2. The van der Waals surface area contributed by atoms with Crippen molar-refractivity contribution >= 4 is 39.2 Å². The Morgan fingerprint density at radius 1 is 0.975 bits per heavy atom. The fraction of sp³-hybridized carbons (Fsp3) is 0.0909. The molecule has 0 radical (unpaired) electrons. The van der Waals surface area contributed by atoms with Gasteiger partial charge in [0, 0.05) is 22.6 Å². The second-order valence-electron chi connectivity index (χ2n) is 9.50. The summed E-state index contributed by atoms with van der Waals surface area (Å²) in [5, 5.41) is 0. The first-order valence-electron chi connectivity index (χ1n) is 13.0. The van der Waals surface area contributed by atoms with Crippen LogP contribution in [-0.4, -0.2) is 16.0 Å². The van der Waals surface area contributed by atoms with Crippen molar-refractivity contribution in [1.82, 2.24) is 9.38 Å². The lowest BCUT2D eigenvalue weighted by Gasteiger charge is -2.30. The zero-order valence-corrected chi connectivity index (χ0v) is 22.3. The average molecular weight is 547 g/mol. The Hall–Kier alpha value is -4.75. The molecule has 4 aromatic carbocycles. The smallest absolute Gasteiger partial charge is 0.274 e. The van der Waals surface area contributed by atoms with Gasteiger partial charge in [-0.2, -0.15) is 0 Å². The van der Waals surface area contributed by atoms with Crippen molar-refractivity contribution in [1.29, 1.82) is 0 Å². The monoisotopic (exact) mass is 546 g/mol. The largest absolute Gasteiger partial charge is 0.494 e. The normalized spacial score (nSPS) is 15.4. The van der Waals surface area contributed by atoms with Crippen molar-refractivity contribution in [2.75, 3.05) is 6.61 Å². The fourth-order valence-electron chi connectivity index (χ4n) is 5.29. The highest BCUT2D eigenvalue weighted by Gasteiger charge is 2.31. The van der Waals surface area contributed by atoms with Crippen molar-refractivity contribution < 1.29 is 13.9 Å². The molecule has 0 spiro atoms. The molecular formula is C33H23FN2O3S. The van der Waals surface area contributed by atoms with Gasteiger partial charge in [0.15, 0.2) is 4.96 Å². The Labute approximate surface area is 233 Å². The third-order valence-electron chi connectivity index (χ3n) is 7.08. The number of hydrogen-bond donors (Lipinski definition) is 0. The molecule has 196 valence electrons. The fourth-order valence-corrected chi connectivity index (χ4v) is 6.27. The molecule has 0 N–H and O–H groups in total. The lowest BCUT2D eigenvalue weighted by Crippen LogP contribution is -2.24. The molecule has 1 unspecified atom stereocenters. The molecule has 1 aliphatic heterocycles. The quantitative estimate of drug-likeness (QED) is 0.245. The first-order chi connectivity index (χ1) is 19.6. The van der Waals surface area contributed by atoms with E-state index in [2.05, 4.69) is 4.98 Å². The van der Waals surface area contributed by atoms with E-state index in [9.17, 15) is 9.18 Å². The molecule has 2 aromatic heterocycles. The van der Waals surface area contributed by atoms with Crippen molar-refractivity contribution in [3.05, 3.63) is 140 Å². The summed E-state index contributed by atoms with van der Waals surface area (Å²) >= 11 is 1.34. The summed E-state index contributed by atoms with van der Waals surface area (Å²) in [6.45, 7) is 2.51. The summed E-state index contributed by atoms with van der Waals surface area (Å²) in [5.74, 6) is 1.51. The second kappa shape index (κ2) is 9.77. The lowest BCUT2D eigenvalue weighted by atomic mass is 9.81. The van der Waals surface area contributed by atoms with Crippen molar-refractivity contribution in [3.63, 3.8) is 0 Å². The second-order valence-corrected chi connectivity index (χ2v) is 10.5. The van der Waals surface area contributed by atoms with Crippen LogP contribution in [0.3, 0.4) is 0 Å². The van der Waals surface area contributed by atoms with Crippen LogP contribution in [0.4, 0.5) is 4.39 Å². The molecule has 1 aliphatic rings. The van der Waals surface area contributed by atoms with Crippen LogP contribution in [0.1, 0.15) is 29.5 Å². The van der Waals surface area contributed by atoms with E-state index in [-0.39, 0.29) is 17.3 Å². The Morgan fingerprint density at radius 3 is 2.52 bits per heavy atom. The predicted molar refractivity (Wildman–Crippen MR) is 156 cm³/mol. The summed E-state index contributed by atoms with van der Waals surface area (Å²) in [6, 6.07) is 29.7. The number of benzene rings is 4. The third-order valence-corrected chi connectivity index (χ3v) is 8.05. The Balaban J connectivity index is 1.51. The van der Waals surface area contributed by atoms with Gasteiger partial charge in [-0.3, -0.25) is 4.79 Å². The molecule has 0 bridgehead atoms. The molecule has 0 fully saturated rings. The van der Waals surface area contributed by atoms with E-state index >= 15 is 0 Å². The first kappa shape index (κ1) is 24.3. The molecule has 0 amide bonds. The summed E-state index contributed by atoms with van der Waals surface area (Å²) in [7, 11) is 0. The molecule has 6 aromatic rings. The molecule has 5 nitrogen and oxygen atoms in total. The number of rotatable bonds is 5. The van der Waals surface area contributed by atoms with Gasteiger partial charge in [0.2, 0.25) is 0 Å². The molecule has 0 saturated heterocycles. The molecule has 0 aliphatic carbocycles. The van der Waals surface area contributed by atoms with Gasteiger partial charge in [-0.15, -0.1) is 0 Å². The van der Waals surface area contributed by atoms with Gasteiger partial charge in [-0.25, -0.2) is 13.8 Å². The van der Waals surface area contributed by atoms with Crippen molar-refractivity contribution in [2.24, 2.45) is 0 Å². The predicted octanol–water partition coefficient (Wildman–Crippen LogP) is 6.58. The van der Waals surface area contributed by atoms with Gasteiger partial charge in [0.1, 0.15) is 23.1 Å². The lowest BCUT2D eigenvalue weighted by molar-refractivity contribution is 0.340. The maximum atomic E-state index is 14.0. The Morgan fingerprint density at radius 2 is 1.73 bits per heavy atom. The number of para-hydroxylation sites is 3. The van der Waals surface area contributed by atoms with Crippen LogP contribution < -0.4 is 19.6 Å². The number of ether oxygens (including phenoxy) is 2. The van der Waals surface area contributed by atoms with Crippen LogP contribution in [0.5, 0.6) is 11.5 Å². The summed E-state index contributed by atoms with van der Waals surface area (Å²) in [6.07, 6.45) is 1.91. The van der Waals surface area contributed by atoms with Gasteiger partial charge < -0.3 is 9.47 Å².